The number of ether oxygens (including phenoxy) is 3. The number of benzene rings is 2. The smallest absolute Gasteiger partial charge is 0.225 e. The number of aliphatic hydroxyl groups excluding tert-OH is 1. The van der Waals surface area contributed by atoms with Crippen LogP contribution in [0.4, 0.5) is 5.69 Å². The first-order chi connectivity index (χ1) is 15.7. The maximum atomic E-state index is 11.9. The summed E-state index contributed by atoms with van der Waals surface area (Å²) in [4.78, 5) is 11.9. The molecule has 1 amide bonds. The summed E-state index contributed by atoms with van der Waals surface area (Å²) in [5, 5.41) is 16.0. The van der Waals surface area contributed by atoms with E-state index in [2.05, 4.69) is 10.6 Å². The van der Waals surface area contributed by atoms with Gasteiger partial charge in [-0.05, 0) is 49.2 Å². The molecule has 0 saturated heterocycles. The number of nitrogens with one attached hydrogen (secondary N) is 2. The molecule has 174 valence electrons. The van der Waals surface area contributed by atoms with Gasteiger partial charge in [0.1, 0.15) is 30.8 Å². The zero-order valence-corrected chi connectivity index (χ0v) is 18.5. The van der Waals surface area contributed by atoms with Gasteiger partial charge in [0, 0.05) is 25.2 Å². The molecule has 0 bridgehead atoms. The zero-order chi connectivity index (χ0) is 22.4. The molecule has 3 rings (SSSR count). The third-order valence-corrected chi connectivity index (χ3v) is 5.24. The standard InChI is InChI=1S/C25H34N2O5/c28-21(18-26-15-14-25(29)27-20-6-2-1-3-7-20)19-32-24-12-10-23(11-13-24)31-17-16-30-22-8-4-5-9-22/h1-3,6-7,10-13,21-22,26,28H,4-5,8-9,14-19H2,(H,27,29). The molecular weight excluding hydrogens is 408 g/mol. The van der Waals surface area contributed by atoms with E-state index in [1.165, 1.54) is 12.8 Å². The van der Waals surface area contributed by atoms with Gasteiger partial charge in [-0.25, -0.2) is 0 Å². The van der Waals surface area contributed by atoms with Crippen LogP contribution in [0.1, 0.15) is 32.1 Å². The predicted molar refractivity (Wildman–Crippen MR) is 124 cm³/mol. The van der Waals surface area contributed by atoms with Gasteiger partial charge in [0.2, 0.25) is 5.91 Å². The molecule has 1 fully saturated rings. The molecule has 0 spiro atoms. The zero-order valence-electron chi connectivity index (χ0n) is 18.5. The van der Waals surface area contributed by atoms with Crippen LogP contribution in [0, 0.1) is 0 Å². The summed E-state index contributed by atoms with van der Waals surface area (Å²) < 4.78 is 17.1. The Bertz CT molecular complexity index is 779. The molecule has 7 heteroatoms. The van der Waals surface area contributed by atoms with Crippen LogP contribution in [0.2, 0.25) is 0 Å². The Labute approximate surface area is 190 Å². The highest BCUT2D eigenvalue weighted by Crippen LogP contribution is 2.21. The summed E-state index contributed by atoms with van der Waals surface area (Å²) in [5.74, 6) is 1.37. The Kier molecular flexibility index (Phi) is 10.3. The third kappa shape index (κ3) is 9.26. The maximum absolute atomic E-state index is 11.9. The van der Waals surface area contributed by atoms with Gasteiger partial charge < -0.3 is 30.0 Å². The van der Waals surface area contributed by atoms with Gasteiger partial charge in [-0.2, -0.15) is 0 Å². The molecule has 0 aliphatic heterocycles. The lowest BCUT2D eigenvalue weighted by molar-refractivity contribution is -0.116. The highest BCUT2D eigenvalue weighted by molar-refractivity contribution is 5.90. The average Bonchev–Trinajstić information content (AvgIpc) is 3.33. The van der Waals surface area contributed by atoms with Crippen LogP contribution < -0.4 is 20.1 Å². The van der Waals surface area contributed by atoms with Gasteiger partial charge >= 0.3 is 0 Å². The fourth-order valence-corrected chi connectivity index (χ4v) is 3.53. The van der Waals surface area contributed by atoms with Crippen molar-refractivity contribution in [2.75, 3.05) is 38.2 Å². The minimum Gasteiger partial charge on any atom is -0.491 e. The fraction of sp³-hybridized carbons (Fsp3) is 0.480. The second-order valence-electron chi connectivity index (χ2n) is 7.93. The molecule has 2 aromatic carbocycles. The van der Waals surface area contributed by atoms with Crippen LogP contribution in [0.15, 0.2) is 54.6 Å². The number of rotatable bonds is 14. The van der Waals surface area contributed by atoms with Crippen LogP contribution in [-0.4, -0.2) is 56.1 Å². The summed E-state index contributed by atoms with van der Waals surface area (Å²) >= 11 is 0. The molecule has 1 aliphatic carbocycles. The molecule has 7 nitrogen and oxygen atoms in total. The first-order valence-corrected chi connectivity index (χ1v) is 11.4. The topological polar surface area (TPSA) is 89.1 Å². The van der Waals surface area contributed by atoms with Crippen molar-refractivity contribution >= 4 is 11.6 Å². The molecule has 0 aromatic heterocycles. The summed E-state index contributed by atoms with van der Waals surface area (Å²) in [5.41, 5.74) is 0.778. The quantitative estimate of drug-likeness (QED) is 0.389. The van der Waals surface area contributed by atoms with Crippen molar-refractivity contribution in [1.29, 1.82) is 0 Å². The largest absolute Gasteiger partial charge is 0.491 e. The SMILES string of the molecule is O=C(CCNCC(O)COc1ccc(OCCOC2CCCC2)cc1)Nc1ccccc1. The number of hydrogen-bond acceptors (Lipinski definition) is 6. The van der Waals surface area contributed by atoms with Gasteiger partial charge in [-0.1, -0.05) is 31.0 Å². The number of amides is 1. The summed E-state index contributed by atoms with van der Waals surface area (Å²) in [6, 6.07) is 16.7. The molecule has 1 atom stereocenters. The van der Waals surface area contributed by atoms with E-state index in [1.54, 1.807) is 0 Å². The Balaban J connectivity index is 1.22. The highest BCUT2D eigenvalue weighted by Gasteiger charge is 2.14. The van der Waals surface area contributed by atoms with E-state index in [4.69, 9.17) is 14.2 Å². The van der Waals surface area contributed by atoms with Crippen molar-refractivity contribution in [3.8, 4) is 11.5 Å². The molecular formula is C25H34N2O5. The lowest BCUT2D eigenvalue weighted by Crippen LogP contribution is -2.33. The van der Waals surface area contributed by atoms with E-state index in [9.17, 15) is 9.90 Å². The Morgan fingerprint density at radius 1 is 0.969 bits per heavy atom. The van der Waals surface area contributed by atoms with E-state index in [-0.39, 0.29) is 12.5 Å². The number of para-hydroxylation sites is 1. The average molecular weight is 443 g/mol. The minimum atomic E-state index is -0.671. The predicted octanol–water partition coefficient (Wildman–Crippen LogP) is 3.38. The number of hydrogen-bond donors (Lipinski definition) is 3. The second-order valence-corrected chi connectivity index (χ2v) is 7.93. The number of anilines is 1. The molecule has 2 aromatic rings. The van der Waals surface area contributed by atoms with Crippen molar-refractivity contribution in [1.82, 2.24) is 5.32 Å². The Hall–Kier alpha value is -2.61. The highest BCUT2D eigenvalue weighted by atomic mass is 16.5. The summed E-state index contributed by atoms with van der Waals surface area (Å²) in [6.45, 7) is 2.13. The van der Waals surface area contributed by atoms with E-state index in [0.29, 0.717) is 44.6 Å². The molecule has 1 saturated carbocycles. The van der Waals surface area contributed by atoms with Crippen molar-refractivity contribution in [3.05, 3.63) is 54.6 Å². The Morgan fingerprint density at radius 3 is 2.38 bits per heavy atom. The monoisotopic (exact) mass is 442 g/mol. The minimum absolute atomic E-state index is 0.0677. The molecule has 1 aliphatic rings. The molecule has 0 radical (unpaired) electrons. The number of carbonyl (C=O) groups is 1. The van der Waals surface area contributed by atoms with Crippen LogP contribution in [0.5, 0.6) is 11.5 Å². The normalized spacial score (nSPS) is 14.8. The lowest BCUT2D eigenvalue weighted by Gasteiger charge is -2.14. The Morgan fingerprint density at radius 2 is 1.66 bits per heavy atom. The molecule has 0 heterocycles. The molecule has 32 heavy (non-hydrogen) atoms. The summed E-state index contributed by atoms with van der Waals surface area (Å²) in [6.07, 6.45) is 4.93. The van der Waals surface area contributed by atoms with Gasteiger partial charge in [0.05, 0.1) is 12.7 Å². The fourth-order valence-electron chi connectivity index (χ4n) is 3.53. The van der Waals surface area contributed by atoms with Gasteiger partial charge in [0.15, 0.2) is 0 Å². The molecule has 3 N–H and O–H groups in total. The number of carbonyl (C=O) groups excluding carboxylic acids is 1. The van der Waals surface area contributed by atoms with Crippen molar-refractivity contribution in [2.24, 2.45) is 0 Å². The first-order valence-electron chi connectivity index (χ1n) is 11.4. The van der Waals surface area contributed by atoms with Gasteiger partial charge in [-0.15, -0.1) is 0 Å². The van der Waals surface area contributed by atoms with Crippen molar-refractivity contribution < 1.29 is 24.1 Å². The molecule has 1 unspecified atom stereocenters. The first kappa shape index (κ1) is 24.0. The third-order valence-electron chi connectivity index (χ3n) is 5.24. The number of aliphatic hydroxyl groups is 1. The van der Waals surface area contributed by atoms with Crippen LogP contribution >= 0.6 is 0 Å². The van der Waals surface area contributed by atoms with E-state index < -0.39 is 6.10 Å². The van der Waals surface area contributed by atoms with Crippen molar-refractivity contribution in [2.45, 2.75) is 44.3 Å². The van der Waals surface area contributed by atoms with E-state index >= 15 is 0 Å². The second kappa shape index (κ2) is 13.7. The van der Waals surface area contributed by atoms with E-state index in [1.807, 2.05) is 54.6 Å². The van der Waals surface area contributed by atoms with Crippen LogP contribution in [0.25, 0.3) is 0 Å². The van der Waals surface area contributed by atoms with Crippen molar-refractivity contribution in [3.63, 3.8) is 0 Å². The van der Waals surface area contributed by atoms with Crippen LogP contribution in [-0.2, 0) is 9.53 Å². The van der Waals surface area contributed by atoms with Gasteiger partial charge in [0.25, 0.3) is 0 Å². The maximum Gasteiger partial charge on any atom is 0.225 e. The van der Waals surface area contributed by atoms with Gasteiger partial charge in [-0.3, -0.25) is 4.79 Å². The van der Waals surface area contributed by atoms with Crippen LogP contribution in [0.3, 0.4) is 0 Å². The lowest BCUT2D eigenvalue weighted by atomic mass is 10.3. The van der Waals surface area contributed by atoms with E-state index in [0.717, 1.165) is 24.3 Å². The summed E-state index contributed by atoms with van der Waals surface area (Å²) in [7, 11) is 0.